The highest BCUT2D eigenvalue weighted by Gasteiger charge is 2.26. The Morgan fingerprint density at radius 1 is 0.902 bits per heavy atom. The predicted molar refractivity (Wildman–Crippen MR) is 199 cm³/mol. The van der Waals surface area contributed by atoms with E-state index in [1.807, 2.05) is 38.1 Å². The minimum Gasteiger partial charge on any atom is -0.489 e. The number of piperazine rings is 2. The molecule has 0 radical (unpaired) electrons. The number of para-hydroxylation sites is 1. The number of carbonyl (C=O) groups excluding carboxylic acids is 2. The summed E-state index contributed by atoms with van der Waals surface area (Å²) in [7, 11) is 0. The minimum absolute atomic E-state index is 0.0197. The molecule has 1 amide bonds. The van der Waals surface area contributed by atoms with Gasteiger partial charge >= 0.3 is 0 Å². The summed E-state index contributed by atoms with van der Waals surface area (Å²) in [5.41, 5.74) is 1.35. The second-order valence-corrected chi connectivity index (χ2v) is 13.7. The number of carbonyl (C=O) groups is 2. The molecule has 6 rings (SSSR count). The van der Waals surface area contributed by atoms with E-state index in [4.69, 9.17) is 26.1 Å². The SMILES string of the molecule is C=CCN1CCN(CC(=O)c2ccc(OC(C)C)c(-n3c(CN4CCN(C(=O)COc5ccc(Cl)cc5)CC4)nc4ccccc4c3=O)c2)CC1. The Labute approximate surface area is 303 Å². The van der Waals surface area contributed by atoms with Gasteiger partial charge in [-0.2, -0.15) is 0 Å². The molecule has 2 saturated heterocycles. The van der Waals surface area contributed by atoms with E-state index in [2.05, 4.69) is 21.3 Å². The third-order valence-corrected chi connectivity index (χ3v) is 9.47. The number of benzene rings is 3. The van der Waals surface area contributed by atoms with Crippen molar-refractivity contribution in [1.29, 1.82) is 0 Å². The molecule has 0 saturated carbocycles. The topological polar surface area (TPSA) is 100 Å². The first kappa shape index (κ1) is 36.2. The zero-order valence-electron chi connectivity index (χ0n) is 29.3. The number of aromatic nitrogens is 2. The van der Waals surface area contributed by atoms with Crippen LogP contribution in [0.1, 0.15) is 30.0 Å². The molecule has 0 spiro atoms. The van der Waals surface area contributed by atoms with Gasteiger partial charge in [-0.3, -0.25) is 33.7 Å². The van der Waals surface area contributed by atoms with E-state index < -0.39 is 0 Å². The molecule has 2 aliphatic heterocycles. The van der Waals surface area contributed by atoms with Crippen LogP contribution in [0, 0.1) is 0 Å². The fourth-order valence-corrected chi connectivity index (χ4v) is 6.61. The highest BCUT2D eigenvalue weighted by Crippen LogP contribution is 2.28. The second-order valence-electron chi connectivity index (χ2n) is 13.2. The molecular formula is C39H45ClN6O5. The molecule has 0 N–H and O–H groups in total. The van der Waals surface area contributed by atoms with Crippen molar-refractivity contribution in [2.24, 2.45) is 0 Å². The van der Waals surface area contributed by atoms with Crippen LogP contribution in [0.3, 0.4) is 0 Å². The van der Waals surface area contributed by atoms with Gasteiger partial charge in [-0.1, -0.05) is 29.8 Å². The standard InChI is InChI=1S/C39H45ClN6O5/c1-4-15-42-16-18-43(19-17-42)25-35(47)29-9-14-36(51-28(2)3)34(24-29)46-37(41-33-8-6-5-7-32(33)39(46)49)26-44-20-22-45(23-21-44)38(48)27-50-31-12-10-30(40)11-13-31/h4-14,24,28H,1,15-23,25-27H2,2-3H3. The first-order valence-electron chi connectivity index (χ1n) is 17.5. The van der Waals surface area contributed by atoms with Gasteiger partial charge in [-0.05, 0) is 68.4 Å². The number of fused-ring (bicyclic) bond motifs is 1. The van der Waals surface area contributed by atoms with E-state index in [1.165, 1.54) is 0 Å². The van der Waals surface area contributed by atoms with Crippen LogP contribution < -0.4 is 15.0 Å². The predicted octanol–water partition coefficient (Wildman–Crippen LogP) is 4.54. The van der Waals surface area contributed by atoms with Crippen molar-refractivity contribution in [2.75, 3.05) is 72.1 Å². The molecule has 2 fully saturated rings. The van der Waals surface area contributed by atoms with Crippen LogP contribution in [0.5, 0.6) is 11.5 Å². The first-order chi connectivity index (χ1) is 24.7. The van der Waals surface area contributed by atoms with Crippen LogP contribution in [0.2, 0.25) is 5.02 Å². The Morgan fingerprint density at radius 2 is 1.59 bits per heavy atom. The Morgan fingerprint density at radius 3 is 2.29 bits per heavy atom. The summed E-state index contributed by atoms with van der Waals surface area (Å²) < 4.78 is 13.5. The Kier molecular flexibility index (Phi) is 11.8. The summed E-state index contributed by atoms with van der Waals surface area (Å²) in [5, 5.41) is 1.08. The van der Waals surface area contributed by atoms with Gasteiger partial charge < -0.3 is 14.4 Å². The van der Waals surface area contributed by atoms with Gasteiger partial charge in [0.05, 0.1) is 35.8 Å². The van der Waals surface area contributed by atoms with Crippen LogP contribution in [-0.4, -0.2) is 119 Å². The number of nitrogens with zero attached hydrogens (tertiary/aromatic N) is 6. The summed E-state index contributed by atoms with van der Waals surface area (Å²) >= 11 is 5.96. The molecule has 51 heavy (non-hydrogen) atoms. The summed E-state index contributed by atoms with van der Waals surface area (Å²) in [6, 6.07) is 19.5. The van der Waals surface area contributed by atoms with Gasteiger partial charge in [0.1, 0.15) is 17.3 Å². The number of amides is 1. The molecule has 3 aromatic carbocycles. The summed E-state index contributed by atoms with van der Waals surface area (Å²) in [4.78, 5) is 54.4. The number of hydrogen-bond acceptors (Lipinski definition) is 9. The molecule has 0 unspecified atom stereocenters. The molecule has 268 valence electrons. The van der Waals surface area contributed by atoms with Gasteiger partial charge in [0.15, 0.2) is 12.4 Å². The molecule has 0 atom stereocenters. The zero-order valence-corrected chi connectivity index (χ0v) is 30.1. The van der Waals surface area contributed by atoms with E-state index in [0.717, 1.165) is 32.7 Å². The lowest BCUT2D eigenvalue weighted by Gasteiger charge is -2.35. The number of rotatable bonds is 13. The quantitative estimate of drug-likeness (QED) is 0.146. The van der Waals surface area contributed by atoms with Crippen LogP contribution in [0.4, 0.5) is 0 Å². The molecule has 2 aliphatic rings. The van der Waals surface area contributed by atoms with Crippen LogP contribution in [0.15, 0.2) is 84.2 Å². The molecule has 12 heteroatoms. The zero-order chi connectivity index (χ0) is 35.9. The summed E-state index contributed by atoms with van der Waals surface area (Å²) in [6.45, 7) is 14.7. The molecule has 4 aromatic rings. The van der Waals surface area contributed by atoms with Crippen molar-refractivity contribution < 1.29 is 19.1 Å². The number of halogens is 1. The highest BCUT2D eigenvalue weighted by atomic mass is 35.5. The third-order valence-electron chi connectivity index (χ3n) is 9.22. The molecule has 0 bridgehead atoms. The Balaban J connectivity index is 1.23. The molecule has 3 heterocycles. The van der Waals surface area contributed by atoms with Crippen LogP contribution in [0.25, 0.3) is 16.6 Å². The lowest BCUT2D eigenvalue weighted by molar-refractivity contribution is -0.135. The van der Waals surface area contributed by atoms with Crippen molar-refractivity contribution in [3.05, 3.63) is 106 Å². The average Bonchev–Trinajstić information content (AvgIpc) is 3.13. The van der Waals surface area contributed by atoms with Crippen molar-refractivity contribution in [1.82, 2.24) is 29.2 Å². The number of ketones is 1. The average molecular weight is 713 g/mol. The van der Waals surface area contributed by atoms with Crippen molar-refractivity contribution >= 4 is 34.2 Å². The highest BCUT2D eigenvalue weighted by molar-refractivity contribution is 6.30. The van der Waals surface area contributed by atoms with Crippen molar-refractivity contribution in [3.8, 4) is 17.2 Å². The largest absolute Gasteiger partial charge is 0.489 e. The van der Waals surface area contributed by atoms with Gasteiger partial charge in [-0.15, -0.1) is 6.58 Å². The van der Waals surface area contributed by atoms with E-state index >= 15 is 0 Å². The number of ether oxygens (including phenoxy) is 2. The molecule has 1 aromatic heterocycles. The molecular weight excluding hydrogens is 668 g/mol. The maximum atomic E-state index is 14.3. The Hall–Kier alpha value is -4.55. The van der Waals surface area contributed by atoms with Crippen LogP contribution >= 0.6 is 11.6 Å². The Bertz CT molecular complexity index is 1910. The maximum absolute atomic E-state index is 14.3. The number of Topliss-reactive ketones (excluding diaryl/α,β-unsaturated/α-hetero) is 1. The van der Waals surface area contributed by atoms with Crippen molar-refractivity contribution in [3.63, 3.8) is 0 Å². The first-order valence-corrected chi connectivity index (χ1v) is 17.9. The smallest absolute Gasteiger partial charge is 0.266 e. The molecule has 11 nitrogen and oxygen atoms in total. The van der Waals surface area contributed by atoms with Crippen LogP contribution in [-0.2, 0) is 11.3 Å². The summed E-state index contributed by atoms with van der Waals surface area (Å²) in [5.74, 6) is 1.49. The minimum atomic E-state index is -0.236. The molecule has 0 aliphatic carbocycles. The number of hydrogen-bond donors (Lipinski definition) is 0. The second kappa shape index (κ2) is 16.6. The summed E-state index contributed by atoms with van der Waals surface area (Å²) in [6.07, 6.45) is 1.74. The van der Waals surface area contributed by atoms with E-state index in [1.54, 1.807) is 58.0 Å². The van der Waals surface area contributed by atoms with Gasteiger partial charge in [0, 0.05) is 69.5 Å². The lowest BCUT2D eigenvalue weighted by Crippen LogP contribution is -2.50. The van der Waals surface area contributed by atoms with E-state index in [-0.39, 0.29) is 36.5 Å². The van der Waals surface area contributed by atoms with Gasteiger partial charge in [0.2, 0.25) is 0 Å². The fraction of sp³-hybridized carbons (Fsp3) is 0.385. The van der Waals surface area contributed by atoms with Gasteiger partial charge in [0.25, 0.3) is 11.5 Å². The normalized spacial score (nSPS) is 16.0. The lowest BCUT2D eigenvalue weighted by atomic mass is 10.1. The van der Waals surface area contributed by atoms with E-state index in [9.17, 15) is 14.4 Å². The van der Waals surface area contributed by atoms with E-state index in [0.29, 0.717) is 77.2 Å². The monoisotopic (exact) mass is 712 g/mol. The maximum Gasteiger partial charge on any atom is 0.266 e. The third kappa shape index (κ3) is 9.04. The van der Waals surface area contributed by atoms with Gasteiger partial charge in [-0.25, -0.2) is 4.98 Å². The fourth-order valence-electron chi connectivity index (χ4n) is 6.48. The van der Waals surface area contributed by atoms with Crippen molar-refractivity contribution in [2.45, 2.75) is 26.5 Å².